The number of nitrogen functional groups attached to an aromatic ring is 1. The molecule has 1 amide bonds. The molecule has 0 bridgehead atoms. The van der Waals surface area contributed by atoms with Crippen LogP contribution in [-0.2, 0) is 11.3 Å². The maximum absolute atomic E-state index is 11.5. The number of likely N-dealkylation sites (tertiary alicyclic amines) is 1. The molecule has 1 aliphatic rings. The Kier molecular flexibility index (Phi) is 2.88. The minimum Gasteiger partial charge on any atom is -0.337 e. The molecule has 3 N–H and O–H groups in total. The normalized spacial score (nSPS) is 21.1. The topological polar surface area (TPSA) is 71.2 Å². The van der Waals surface area contributed by atoms with Crippen molar-refractivity contribution in [1.82, 2.24) is 9.88 Å². The van der Waals surface area contributed by atoms with E-state index in [1.54, 1.807) is 6.20 Å². The highest BCUT2D eigenvalue weighted by molar-refractivity contribution is 7.15. The predicted molar refractivity (Wildman–Crippen MR) is 59.1 cm³/mol. The standard InChI is InChI=1S/C9H14N4OS/c1-6-2-8(14)13(4-6)5-7-3-11-9(12-10)15-7/h3,6H,2,4-5,10H2,1H3,(H,11,12). The molecule has 1 saturated heterocycles. The van der Waals surface area contributed by atoms with Crippen LogP contribution in [0.4, 0.5) is 5.13 Å². The first-order chi connectivity index (χ1) is 7.19. The van der Waals surface area contributed by atoms with E-state index in [4.69, 9.17) is 5.84 Å². The highest BCUT2D eigenvalue weighted by Crippen LogP contribution is 2.23. The van der Waals surface area contributed by atoms with Crippen LogP contribution in [0.1, 0.15) is 18.2 Å². The molecule has 1 aliphatic heterocycles. The Bertz CT molecular complexity index is 365. The average molecular weight is 226 g/mol. The number of nitrogens with zero attached hydrogens (tertiary/aromatic N) is 2. The predicted octanol–water partition coefficient (Wildman–Crippen LogP) is 0.797. The van der Waals surface area contributed by atoms with E-state index >= 15 is 0 Å². The molecule has 5 nitrogen and oxygen atoms in total. The van der Waals surface area contributed by atoms with Crippen LogP contribution in [0.5, 0.6) is 0 Å². The number of hydrogen-bond donors (Lipinski definition) is 2. The van der Waals surface area contributed by atoms with E-state index in [-0.39, 0.29) is 5.91 Å². The molecule has 15 heavy (non-hydrogen) atoms. The maximum atomic E-state index is 11.5. The van der Waals surface area contributed by atoms with Crippen LogP contribution in [0.25, 0.3) is 0 Å². The Hall–Kier alpha value is -1.14. The van der Waals surface area contributed by atoms with Crippen molar-refractivity contribution in [3.05, 3.63) is 11.1 Å². The van der Waals surface area contributed by atoms with Gasteiger partial charge in [-0.3, -0.25) is 10.2 Å². The molecule has 6 heteroatoms. The first-order valence-corrected chi connectivity index (χ1v) is 5.70. The number of carbonyl (C=O) groups is 1. The lowest BCUT2D eigenvalue weighted by molar-refractivity contribution is -0.128. The minimum atomic E-state index is 0.234. The SMILES string of the molecule is CC1CC(=O)N(Cc2cnc(NN)s2)C1. The first-order valence-electron chi connectivity index (χ1n) is 4.88. The van der Waals surface area contributed by atoms with Crippen LogP contribution in [0.15, 0.2) is 6.20 Å². The van der Waals surface area contributed by atoms with Gasteiger partial charge in [-0.05, 0) is 5.92 Å². The second-order valence-electron chi connectivity index (χ2n) is 3.86. The molecular weight excluding hydrogens is 212 g/mol. The van der Waals surface area contributed by atoms with Gasteiger partial charge in [0.1, 0.15) is 0 Å². The minimum absolute atomic E-state index is 0.234. The van der Waals surface area contributed by atoms with Crippen LogP contribution in [-0.4, -0.2) is 22.3 Å². The number of nitrogens with one attached hydrogen (secondary N) is 1. The lowest BCUT2D eigenvalue weighted by Crippen LogP contribution is -2.23. The summed E-state index contributed by atoms with van der Waals surface area (Å²) in [5.41, 5.74) is 2.50. The summed E-state index contributed by atoms with van der Waals surface area (Å²) in [7, 11) is 0. The number of aromatic nitrogens is 1. The Balaban J connectivity index is 1.99. The zero-order valence-corrected chi connectivity index (χ0v) is 9.38. The molecule has 0 aliphatic carbocycles. The second-order valence-corrected chi connectivity index (χ2v) is 4.97. The van der Waals surface area contributed by atoms with E-state index < -0.39 is 0 Å². The third kappa shape index (κ3) is 2.27. The number of rotatable bonds is 3. The van der Waals surface area contributed by atoms with Gasteiger partial charge in [-0.25, -0.2) is 10.8 Å². The largest absolute Gasteiger partial charge is 0.337 e. The molecule has 0 spiro atoms. The number of hydrazine groups is 1. The van der Waals surface area contributed by atoms with Crippen LogP contribution in [0.3, 0.4) is 0 Å². The summed E-state index contributed by atoms with van der Waals surface area (Å²) in [5, 5.41) is 0.685. The summed E-state index contributed by atoms with van der Waals surface area (Å²) < 4.78 is 0. The summed E-state index contributed by atoms with van der Waals surface area (Å²) in [6, 6.07) is 0. The Morgan fingerprint density at radius 2 is 2.60 bits per heavy atom. The van der Waals surface area contributed by atoms with Crippen molar-refractivity contribution in [3.8, 4) is 0 Å². The second kappa shape index (κ2) is 4.16. The summed E-state index contributed by atoms with van der Waals surface area (Å²) in [6.45, 7) is 3.60. The smallest absolute Gasteiger partial charge is 0.223 e. The summed E-state index contributed by atoms with van der Waals surface area (Å²) in [4.78, 5) is 18.5. The molecule has 1 aromatic heterocycles. The lowest BCUT2D eigenvalue weighted by atomic mass is 10.2. The van der Waals surface area contributed by atoms with Crippen LogP contribution in [0, 0.1) is 5.92 Å². The van der Waals surface area contributed by atoms with E-state index in [9.17, 15) is 4.79 Å². The van der Waals surface area contributed by atoms with Gasteiger partial charge in [0.15, 0.2) is 5.13 Å². The molecule has 1 atom stereocenters. The number of amides is 1. The van der Waals surface area contributed by atoms with Crippen LogP contribution in [0.2, 0.25) is 0 Å². The molecule has 1 aromatic rings. The van der Waals surface area contributed by atoms with Gasteiger partial charge < -0.3 is 4.90 Å². The maximum Gasteiger partial charge on any atom is 0.223 e. The first kappa shape index (κ1) is 10.4. The zero-order chi connectivity index (χ0) is 10.8. The van der Waals surface area contributed by atoms with Crippen molar-refractivity contribution in [2.75, 3.05) is 12.0 Å². The number of nitrogens with two attached hydrogens (primary N) is 1. The molecule has 0 aromatic carbocycles. The fraction of sp³-hybridized carbons (Fsp3) is 0.556. The van der Waals surface area contributed by atoms with Crippen LogP contribution >= 0.6 is 11.3 Å². The molecular formula is C9H14N4OS. The number of anilines is 1. The van der Waals surface area contributed by atoms with Gasteiger partial charge in [-0.1, -0.05) is 18.3 Å². The summed E-state index contributed by atoms with van der Waals surface area (Å²) >= 11 is 1.48. The van der Waals surface area contributed by atoms with E-state index in [1.807, 2.05) is 4.90 Å². The third-order valence-electron chi connectivity index (χ3n) is 2.43. The Morgan fingerprint density at radius 3 is 3.13 bits per heavy atom. The van der Waals surface area contributed by atoms with E-state index in [0.717, 1.165) is 11.4 Å². The molecule has 1 unspecified atom stereocenters. The Labute approximate surface area is 92.3 Å². The van der Waals surface area contributed by atoms with E-state index in [0.29, 0.717) is 24.0 Å². The van der Waals surface area contributed by atoms with E-state index in [1.165, 1.54) is 11.3 Å². The van der Waals surface area contributed by atoms with Gasteiger partial charge in [0.25, 0.3) is 0 Å². The molecule has 0 saturated carbocycles. The third-order valence-corrected chi connectivity index (χ3v) is 3.34. The molecule has 0 radical (unpaired) electrons. The molecule has 1 fully saturated rings. The van der Waals surface area contributed by atoms with Crippen molar-refractivity contribution < 1.29 is 4.79 Å². The highest BCUT2D eigenvalue weighted by Gasteiger charge is 2.26. The van der Waals surface area contributed by atoms with E-state index in [2.05, 4.69) is 17.3 Å². The van der Waals surface area contributed by atoms with Gasteiger partial charge in [0.2, 0.25) is 5.91 Å². The fourth-order valence-corrected chi connectivity index (χ4v) is 2.50. The van der Waals surface area contributed by atoms with Crippen molar-refractivity contribution in [1.29, 1.82) is 0 Å². The van der Waals surface area contributed by atoms with Crippen molar-refractivity contribution >= 4 is 22.4 Å². The number of hydrogen-bond acceptors (Lipinski definition) is 5. The molecule has 2 heterocycles. The van der Waals surface area contributed by atoms with Crippen molar-refractivity contribution in [2.45, 2.75) is 19.9 Å². The summed E-state index contributed by atoms with van der Waals surface area (Å²) in [5.74, 6) is 5.94. The number of thiazole rings is 1. The van der Waals surface area contributed by atoms with Crippen molar-refractivity contribution in [2.24, 2.45) is 11.8 Å². The molecule has 82 valence electrons. The molecule has 2 rings (SSSR count). The average Bonchev–Trinajstić information content (AvgIpc) is 2.75. The van der Waals surface area contributed by atoms with Crippen LogP contribution < -0.4 is 11.3 Å². The monoisotopic (exact) mass is 226 g/mol. The quantitative estimate of drug-likeness (QED) is 0.590. The lowest BCUT2D eigenvalue weighted by Gasteiger charge is -2.13. The summed E-state index contributed by atoms with van der Waals surface area (Å²) in [6.07, 6.45) is 2.43. The number of carbonyl (C=O) groups excluding carboxylic acids is 1. The van der Waals surface area contributed by atoms with Gasteiger partial charge >= 0.3 is 0 Å². The van der Waals surface area contributed by atoms with Gasteiger partial charge in [-0.2, -0.15) is 0 Å². The fourth-order valence-electron chi connectivity index (χ4n) is 1.76. The van der Waals surface area contributed by atoms with Gasteiger partial charge in [-0.15, -0.1) is 0 Å². The highest BCUT2D eigenvalue weighted by atomic mass is 32.1. The Morgan fingerprint density at radius 1 is 1.80 bits per heavy atom. The van der Waals surface area contributed by atoms with Gasteiger partial charge in [0.05, 0.1) is 6.54 Å². The zero-order valence-electron chi connectivity index (χ0n) is 8.56. The van der Waals surface area contributed by atoms with Gasteiger partial charge in [0, 0.05) is 24.0 Å². The van der Waals surface area contributed by atoms with Crippen molar-refractivity contribution in [3.63, 3.8) is 0 Å².